The van der Waals surface area contributed by atoms with Crippen LogP contribution in [0.15, 0.2) is 66.9 Å². The highest BCUT2D eigenvalue weighted by Crippen LogP contribution is 2.17. The third kappa shape index (κ3) is 3.03. The summed E-state index contributed by atoms with van der Waals surface area (Å²) in [7, 11) is 0. The minimum atomic E-state index is -1.09. The van der Waals surface area contributed by atoms with Crippen molar-refractivity contribution in [2.24, 2.45) is 0 Å². The molecule has 0 bridgehead atoms. The van der Waals surface area contributed by atoms with E-state index < -0.39 is 5.97 Å². The molecular formula is C18H14N2O3. The van der Waals surface area contributed by atoms with Gasteiger partial charge in [0.1, 0.15) is 5.56 Å². The molecule has 0 aliphatic heterocycles. The van der Waals surface area contributed by atoms with Crippen LogP contribution in [0.3, 0.4) is 0 Å². The van der Waals surface area contributed by atoms with Gasteiger partial charge in [-0.2, -0.15) is 5.10 Å². The van der Waals surface area contributed by atoms with Crippen LogP contribution >= 0.6 is 0 Å². The summed E-state index contributed by atoms with van der Waals surface area (Å²) in [5.74, 6) is -1.24. The van der Waals surface area contributed by atoms with Crippen molar-refractivity contribution in [3.63, 3.8) is 0 Å². The highest BCUT2D eigenvalue weighted by Gasteiger charge is 2.20. The fourth-order valence-electron chi connectivity index (χ4n) is 2.39. The normalized spacial score (nSPS) is 10.4. The molecule has 0 unspecified atom stereocenters. The average molecular weight is 306 g/mol. The first kappa shape index (κ1) is 14.7. The minimum absolute atomic E-state index is 0.0272. The van der Waals surface area contributed by atoms with Gasteiger partial charge in [0, 0.05) is 5.56 Å². The van der Waals surface area contributed by atoms with E-state index in [4.69, 9.17) is 0 Å². The molecule has 0 aliphatic rings. The van der Waals surface area contributed by atoms with Gasteiger partial charge in [-0.15, -0.1) is 0 Å². The molecule has 5 heteroatoms. The molecule has 1 aromatic heterocycles. The Bertz CT molecular complexity index is 839. The summed E-state index contributed by atoms with van der Waals surface area (Å²) in [6.45, 7) is 0. The number of benzene rings is 2. The van der Waals surface area contributed by atoms with Crippen molar-refractivity contribution in [3.8, 4) is 5.69 Å². The van der Waals surface area contributed by atoms with Crippen LogP contribution in [0.2, 0.25) is 0 Å². The summed E-state index contributed by atoms with van der Waals surface area (Å²) in [5.41, 5.74) is 1.68. The molecule has 1 N–H and O–H groups in total. The van der Waals surface area contributed by atoms with Crippen molar-refractivity contribution in [1.82, 2.24) is 9.78 Å². The standard InChI is InChI=1S/C18H14N2O3/c21-17(13-7-3-1-4-8-13)11-16-15(18(22)23)12-19-20(16)14-9-5-2-6-10-14/h1-10,12H,11H2,(H,22,23). The maximum atomic E-state index is 12.4. The molecule has 0 atom stereocenters. The number of aromatic carboxylic acids is 1. The second-order valence-corrected chi connectivity index (χ2v) is 5.02. The second kappa shape index (κ2) is 6.27. The quantitative estimate of drug-likeness (QED) is 0.735. The van der Waals surface area contributed by atoms with Crippen molar-refractivity contribution in [3.05, 3.63) is 83.7 Å². The summed E-state index contributed by atoms with van der Waals surface area (Å²) in [6.07, 6.45) is 1.25. The van der Waals surface area contributed by atoms with E-state index >= 15 is 0 Å². The fourth-order valence-corrected chi connectivity index (χ4v) is 2.39. The Balaban J connectivity index is 2.01. The first-order valence-corrected chi connectivity index (χ1v) is 7.10. The SMILES string of the molecule is O=C(Cc1c(C(=O)O)cnn1-c1ccccc1)c1ccccc1. The monoisotopic (exact) mass is 306 g/mol. The summed E-state index contributed by atoms with van der Waals surface area (Å²) in [6, 6.07) is 18.0. The lowest BCUT2D eigenvalue weighted by atomic mass is 10.0. The third-order valence-electron chi connectivity index (χ3n) is 3.52. The van der Waals surface area contributed by atoms with Crippen LogP contribution in [0.5, 0.6) is 0 Å². The van der Waals surface area contributed by atoms with Gasteiger partial charge in [0.15, 0.2) is 5.78 Å². The Morgan fingerprint density at radius 1 is 0.957 bits per heavy atom. The molecule has 3 aromatic rings. The molecular weight excluding hydrogens is 292 g/mol. The number of carbonyl (C=O) groups is 2. The lowest BCUT2D eigenvalue weighted by molar-refractivity contribution is 0.0696. The van der Waals surface area contributed by atoms with E-state index in [1.807, 2.05) is 36.4 Å². The summed E-state index contributed by atoms with van der Waals surface area (Å²) >= 11 is 0. The van der Waals surface area contributed by atoms with E-state index in [0.717, 1.165) is 5.69 Å². The van der Waals surface area contributed by atoms with E-state index in [-0.39, 0.29) is 17.8 Å². The first-order chi connectivity index (χ1) is 11.2. The van der Waals surface area contributed by atoms with Gasteiger partial charge in [0.05, 0.1) is 24.0 Å². The molecule has 23 heavy (non-hydrogen) atoms. The van der Waals surface area contributed by atoms with Crippen molar-refractivity contribution in [1.29, 1.82) is 0 Å². The van der Waals surface area contributed by atoms with Gasteiger partial charge in [-0.3, -0.25) is 4.79 Å². The summed E-state index contributed by atoms with van der Waals surface area (Å²) in [5, 5.41) is 13.5. The van der Waals surface area contributed by atoms with Crippen molar-refractivity contribution >= 4 is 11.8 Å². The lowest BCUT2D eigenvalue weighted by Crippen LogP contribution is -2.12. The predicted octanol–water partition coefficient (Wildman–Crippen LogP) is 3.00. The molecule has 0 radical (unpaired) electrons. The van der Waals surface area contributed by atoms with Gasteiger partial charge >= 0.3 is 5.97 Å². The zero-order valence-corrected chi connectivity index (χ0v) is 12.2. The van der Waals surface area contributed by atoms with E-state index in [2.05, 4.69) is 5.10 Å². The maximum absolute atomic E-state index is 12.4. The largest absolute Gasteiger partial charge is 0.478 e. The van der Waals surface area contributed by atoms with Crippen LogP contribution in [0.4, 0.5) is 0 Å². The highest BCUT2D eigenvalue weighted by molar-refractivity contribution is 5.99. The molecule has 3 rings (SSSR count). The third-order valence-corrected chi connectivity index (χ3v) is 3.52. The Morgan fingerprint density at radius 2 is 1.57 bits per heavy atom. The molecule has 0 amide bonds. The molecule has 0 saturated heterocycles. The zero-order valence-electron chi connectivity index (χ0n) is 12.2. The van der Waals surface area contributed by atoms with E-state index in [0.29, 0.717) is 11.3 Å². The van der Waals surface area contributed by atoms with Crippen LogP contribution in [0, 0.1) is 0 Å². The number of hydrogen-bond donors (Lipinski definition) is 1. The topological polar surface area (TPSA) is 72.2 Å². The van der Waals surface area contributed by atoms with Gasteiger partial charge in [-0.05, 0) is 12.1 Å². The van der Waals surface area contributed by atoms with E-state index in [9.17, 15) is 14.7 Å². The molecule has 0 aliphatic carbocycles. The molecule has 0 spiro atoms. The summed E-state index contributed by atoms with van der Waals surface area (Å²) in [4.78, 5) is 23.9. The van der Waals surface area contributed by atoms with Crippen molar-refractivity contribution in [2.45, 2.75) is 6.42 Å². The number of carboxylic acids is 1. The number of carboxylic acid groups (broad SMARTS) is 1. The molecule has 0 fully saturated rings. The Kier molecular flexibility index (Phi) is 4.01. The number of hydrogen-bond acceptors (Lipinski definition) is 3. The average Bonchev–Trinajstić information content (AvgIpc) is 3.00. The smallest absolute Gasteiger partial charge is 0.339 e. The molecule has 0 saturated carbocycles. The number of aromatic nitrogens is 2. The van der Waals surface area contributed by atoms with Gasteiger partial charge in [-0.25, -0.2) is 9.48 Å². The van der Waals surface area contributed by atoms with Gasteiger partial charge in [0.2, 0.25) is 0 Å². The highest BCUT2D eigenvalue weighted by atomic mass is 16.4. The Morgan fingerprint density at radius 3 is 2.17 bits per heavy atom. The Hall–Kier alpha value is -3.21. The number of carbonyl (C=O) groups excluding carboxylic acids is 1. The maximum Gasteiger partial charge on any atom is 0.339 e. The lowest BCUT2D eigenvalue weighted by Gasteiger charge is -2.08. The Labute approximate surface area is 132 Å². The number of para-hydroxylation sites is 1. The number of rotatable bonds is 5. The van der Waals surface area contributed by atoms with Crippen LogP contribution < -0.4 is 0 Å². The molecule has 114 valence electrons. The zero-order chi connectivity index (χ0) is 16.2. The predicted molar refractivity (Wildman–Crippen MR) is 85.0 cm³/mol. The molecule has 1 heterocycles. The second-order valence-electron chi connectivity index (χ2n) is 5.02. The minimum Gasteiger partial charge on any atom is -0.478 e. The number of nitrogens with zero attached hydrogens (tertiary/aromatic N) is 2. The van der Waals surface area contributed by atoms with Crippen molar-refractivity contribution in [2.75, 3.05) is 0 Å². The van der Waals surface area contributed by atoms with Gasteiger partial charge in [0.25, 0.3) is 0 Å². The van der Waals surface area contributed by atoms with E-state index in [1.54, 1.807) is 24.3 Å². The molecule has 5 nitrogen and oxygen atoms in total. The van der Waals surface area contributed by atoms with Crippen LogP contribution in [0.1, 0.15) is 26.4 Å². The first-order valence-electron chi connectivity index (χ1n) is 7.10. The van der Waals surface area contributed by atoms with E-state index in [1.165, 1.54) is 10.9 Å². The van der Waals surface area contributed by atoms with Gasteiger partial charge < -0.3 is 5.11 Å². The molecule has 2 aromatic carbocycles. The van der Waals surface area contributed by atoms with Crippen LogP contribution in [-0.4, -0.2) is 26.6 Å². The van der Waals surface area contributed by atoms with Crippen molar-refractivity contribution < 1.29 is 14.7 Å². The van der Waals surface area contributed by atoms with Gasteiger partial charge in [-0.1, -0.05) is 48.5 Å². The fraction of sp³-hybridized carbons (Fsp3) is 0.0556. The number of Topliss-reactive ketones (excluding diaryl/α,β-unsaturated/α-hetero) is 1. The summed E-state index contributed by atoms with van der Waals surface area (Å²) < 4.78 is 1.50. The van der Waals surface area contributed by atoms with Crippen LogP contribution in [0.25, 0.3) is 5.69 Å². The number of ketones is 1. The van der Waals surface area contributed by atoms with Crippen LogP contribution in [-0.2, 0) is 6.42 Å².